The summed E-state index contributed by atoms with van der Waals surface area (Å²) in [5.41, 5.74) is 4.49. The van der Waals surface area contributed by atoms with Crippen LogP contribution >= 0.6 is 0 Å². The number of hydrogen-bond acceptors (Lipinski definition) is 5. The minimum Gasteiger partial charge on any atom is -0.262 e. The first-order valence-electron chi connectivity index (χ1n) is 7.51. The van der Waals surface area contributed by atoms with Gasteiger partial charge in [-0.05, 0) is 36.8 Å². The third-order valence-electron chi connectivity index (χ3n) is 3.55. The van der Waals surface area contributed by atoms with Gasteiger partial charge in [0.25, 0.3) is 0 Å². The third kappa shape index (κ3) is 2.77. The van der Waals surface area contributed by atoms with Crippen molar-refractivity contribution < 1.29 is 0 Å². The zero-order valence-electron chi connectivity index (χ0n) is 13.0. The van der Waals surface area contributed by atoms with E-state index in [9.17, 15) is 0 Å². The molecular weight excluding hydrogens is 300 g/mol. The van der Waals surface area contributed by atoms with Gasteiger partial charge < -0.3 is 0 Å². The van der Waals surface area contributed by atoms with E-state index in [1.807, 2.05) is 43.6 Å². The van der Waals surface area contributed by atoms with Crippen molar-refractivity contribution in [2.24, 2.45) is 0 Å². The maximum Gasteiger partial charge on any atom is 0.178 e. The van der Waals surface area contributed by atoms with E-state index in [1.165, 1.54) is 0 Å². The third-order valence-corrected chi connectivity index (χ3v) is 3.55. The van der Waals surface area contributed by atoms with E-state index in [4.69, 9.17) is 0 Å². The molecule has 0 N–H and O–H groups in total. The Hall–Kier alpha value is -3.41. The Balaban J connectivity index is 1.70. The molecule has 24 heavy (non-hydrogen) atoms. The first kappa shape index (κ1) is 14.2. The molecule has 116 valence electrons. The smallest absolute Gasteiger partial charge is 0.178 e. The summed E-state index contributed by atoms with van der Waals surface area (Å²) in [5.74, 6) is 0.606. The lowest BCUT2D eigenvalue weighted by Gasteiger charge is -2.02. The van der Waals surface area contributed by atoms with Gasteiger partial charge in [-0.3, -0.25) is 4.98 Å². The first-order valence-corrected chi connectivity index (χ1v) is 7.51. The van der Waals surface area contributed by atoms with Crippen LogP contribution in [0, 0.1) is 6.92 Å². The molecule has 4 heterocycles. The highest BCUT2D eigenvalue weighted by Gasteiger charge is 2.08. The second-order valence-electron chi connectivity index (χ2n) is 5.37. The molecule has 6 heteroatoms. The van der Waals surface area contributed by atoms with Crippen LogP contribution < -0.4 is 0 Å². The van der Waals surface area contributed by atoms with Gasteiger partial charge in [0.2, 0.25) is 0 Å². The largest absolute Gasteiger partial charge is 0.262 e. The maximum absolute atomic E-state index is 4.64. The van der Waals surface area contributed by atoms with Crippen LogP contribution in [-0.2, 0) is 0 Å². The molecule has 0 atom stereocenters. The minimum absolute atomic E-state index is 0.606. The number of pyridine rings is 2. The van der Waals surface area contributed by atoms with Gasteiger partial charge >= 0.3 is 0 Å². The summed E-state index contributed by atoms with van der Waals surface area (Å²) in [4.78, 5) is 17.3. The Morgan fingerprint density at radius 2 is 1.75 bits per heavy atom. The van der Waals surface area contributed by atoms with Crippen molar-refractivity contribution >= 4 is 0 Å². The normalized spacial score (nSPS) is 10.7. The van der Waals surface area contributed by atoms with Crippen molar-refractivity contribution in [3.8, 4) is 28.5 Å². The standard InChI is InChI=1S/C18H14N6/c1-13-8-15(11-19-9-13)24-12-14(10-22-24)16-4-2-5-17(23-16)18-20-6-3-7-21-18/h2-12H,1H3. The lowest BCUT2D eigenvalue weighted by molar-refractivity contribution is 0.872. The second-order valence-corrected chi connectivity index (χ2v) is 5.37. The van der Waals surface area contributed by atoms with Gasteiger partial charge in [0.05, 0.1) is 23.8 Å². The fourth-order valence-corrected chi connectivity index (χ4v) is 2.41. The van der Waals surface area contributed by atoms with Crippen LogP contribution in [0.5, 0.6) is 0 Å². The summed E-state index contributed by atoms with van der Waals surface area (Å²) < 4.78 is 1.79. The molecular formula is C18H14N6. The van der Waals surface area contributed by atoms with Crippen molar-refractivity contribution in [1.29, 1.82) is 0 Å². The SMILES string of the molecule is Cc1cncc(-n2cc(-c3cccc(-c4ncccn4)n3)cn2)c1. The van der Waals surface area contributed by atoms with E-state index in [2.05, 4.69) is 25.0 Å². The average molecular weight is 314 g/mol. The van der Waals surface area contributed by atoms with Crippen LogP contribution in [0.1, 0.15) is 5.56 Å². The highest BCUT2D eigenvalue weighted by molar-refractivity contribution is 5.62. The first-order chi connectivity index (χ1) is 11.8. The Morgan fingerprint density at radius 1 is 0.917 bits per heavy atom. The van der Waals surface area contributed by atoms with Gasteiger partial charge in [0.1, 0.15) is 5.69 Å². The average Bonchev–Trinajstić information content (AvgIpc) is 3.13. The van der Waals surface area contributed by atoms with E-state index >= 15 is 0 Å². The zero-order valence-corrected chi connectivity index (χ0v) is 13.0. The molecule has 0 aliphatic heterocycles. The second kappa shape index (κ2) is 6.00. The van der Waals surface area contributed by atoms with Gasteiger partial charge in [-0.15, -0.1) is 0 Å². The fraction of sp³-hybridized carbons (Fsp3) is 0.0556. The van der Waals surface area contributed by atoms with Crippen LogP contribution in [0.4, 0.5) is 0 Å². The summed E-state index contributed by atoms with van der Waals surface area (Å²) in [7, 11) is 0. The predicted molar refractivity (Wildman–Crippen MR) is 90.4 cm³/mol. The van der Waals surface area contributed by atoms with Gasteiger partial charge in [-0.2, -0.15) is 5.10 Å². The molecule has 0 radical (unpaired) electrons. The Labute approximate surface area is 138 Å². The molecule has 6 nitrogen and oxygen atoms in total. The molecule has 0 saturated heterocycles. The predicted octanol–water partition coefficient (Wildman–Crippen LogP) is 3.09. The summed E-state index contributed by atoms with van der Waals surface area (Å²) >= 11 is 0. The summed E-state index contributed by atoms with van der Waals surface area (Å²) in [6.45, 7) is 2.01. The van der Waals surface area contributed by atoms with Crippen molar-refractivity contribution in [2.75, 3.05) is 0 Å². The lowest BCUT2D eigenvalue weighted by atomic mass is 10.2. The number of hydrogen-bond donors (Lipinski definition) is 0. The van der Waals surface area contributed by atoms with E-state index in [0.717, 1.165) is 28.2 Å². The number of aromatic nitrogens is 6. The van der Waals surface area contributed by atoms with E-state index in [0.29, 0.717) is 5.82 Å². The lowest BCUT2D eigenvalue weighted by Crippen LogP contribution is -1.95. The van der Waals surface area contributed by atoms with E-state index < -0.39 is 0 Å². The number of rotatable bonds is 3. The monoisotopic (exact) mass is 314 g/mol. The highest BCUT2D eigenvalue weighted by Crippen LogP contribution is 2.21. The molecule has 0 bridgehead atoms. The van der Waals surface area contributed by atoms with E-state index in [-0.39, 0.29) is 0 Å². The summed E-state index contributed by atoms with van der Waals surface area (Å²) in [5, 5.41) is 4.41. The Morgan fingerprint density at radius 3 is 2.58 bits per heavy atom. The molecule has 4 aromatic rings. The quantitative estimate of drug-likeness (QED) is 0.581. The van der Waals surface area contributed by atoms with Gasteiger partial charge in [-0.1, -0.05) is 6.07 Å². The Kier molecular flexibility index (Phi) is 3.55. The summed E-state index contributed by atoms with van der Waals surface area (Å²) in [6, 6.07) is 9.61. The molecule has 0 amide bonds. The summed E-state index contributed by atoms with van der Waals surface area (Å²) in [6.07, 6.45) is 10.7. The molecule has 0 saturated carbocycles. The molecule has 0 fully saturated rings. The van der Waals surface area contributed by atoms with Crippen LogP contribution in [0.2, 0.25) is 0 Å². The molecule has 4 rings (SSSR count). The molecule has 0 spiro atoms. The van der Waals surface area contributed by atoms with Crippen molar-refractivity contribution in [3.63, 3.8) is 0 Å². The number of nitrogens with zero attached hydrogens (tertiary/aromatic N) is 6. The van der Waals surface area contributed by atoms with E-state index in [1.54, 1.807) is 35.5 Å². The zero-order chi connectivity index (χ0) is 16.4. The fourth-order valence-electron chi connectivity index (χ4n) is 2.41. The molecule has 0 aliphatic rings. The molecule has 0 aromatic carbocycles. The van der Waals surface area contributed by atoms with Crippen molar-refractivity contribution in [3.05, 3.63) is 73.1 Å². The topological polar surface area (TPSA) is 69.4 Å². The van der Waals surface area contributed by atoms with Crippen molar-refractivity contribution in [1.82, 2.24) is 29.7 Å². The molecule has 0 unspecified atom stereocenters. The van der Waals surface area contributed by atoms with Crippen LogP contribution in [0.15, 0.2) is 67.5 Å². The van der Waals surface area contributed by atoms with Gasteiger partial charge in [0.15, 0.2) is 5.82 Å². The van der Waals surface area contributed by atoms with Gasteiger partial charge in [-0.25, -0.2) is 19.6 Å². The number of aryl methyl sites for hydroxylation is 1. The van der Waals surface area contributed by atoms with Crippen LogP contribution in [0.3, 0.4) is 0 Å². The van der Waals surface area contributed by atoms with Crippen LogP contribution in [0.25, 0.3) is 28.5 Å². The minimum atomic E-state index is 0.606. The van der Waals surface area contributed by atoms with Crippen LogP contribution in [-0.4, -0.2) is 29.7 Å². The molecule has 0 aliphatic carbocycles. The maximum atomic E-state index is 4.64. The highest BCUT2D eigenvalue weighted by atomic mass is 15.3. The molecule has 4 aromatic heterocycles. The van der Waals surface area contributed by atoms with Crippen molar-refractivity contribution in [2.45, 2.75) is 6.92 Å². The van der Waals surface area contributed by atoms with Gasteiger partial charge in [0, 0.05) is 30.4 Å². The Bertz CT molecular complexity index is 977.